The summed E-state index contributed by atoms with van der Waals surface area (Å²) < 4.78 is 5.09. The number of nitrogens with one attached hydrogen (secondary N) is 1. The summed E-state index contributed by atoms with van der Waals surface area (Å²) in [5.41, 5.74) is 1.64. The Kier molecular flexibility index (Phi) is 8.31. The van der Waals surface area contributed by atoms with Crippen molar-refractivity contribution in [2.45, 2.75) is 40.0 Å². The van der Waals surface area contributed by atoms with Crippen molar-refractivity contribution < 1.29 is 4.74 Å². The molecule has 1 aromatic carbocycles. The van der Waals surface area contributed by atoms with Gasteiger partial charge in [0.2, 0.25) is 0 Å². The molecule has 0 aromatic heterocycles. The maximum atomic E-state index is 6.30. The molecule has 0 fully saturated rings. The van der Waals surface area contributed by atoms with Gasteiger partial charge in [-0.25, -0.2) is 0 Å². The molecule has 1 atom stereocenters. The summed E-state index contributed by atoms with van der Waals surface area (Å²) in [6.45, 7) is 9.60. The van der Waals surface area contributed by atoms with Crippen LogP contribution < -0.4 is 5.32 Å². The molecular formula is C18H30ClNO. The third-order valence-electron chi connectivity index (χ3n) is 3.68. The summed E-state index contributed by atoms with van der Waals surface area (Å²) in [5, 5.41) is 4.38. The van der Waals surface area contributed by atoms with E-state index >= 15 is 0 Å². The minimum absolute atomic E-state index is 0.380. The van der Waals surface area contributed by atoms with Gasteiger partial charge < -0.3 is 10.1 Å². The van der Waals surface area contributed by atoms with Crippen molar-refractivity contribution in [3.8, 4) is 0 Å². The second kappa shape index (κ2) is 9.45. The first-order valence-corrected chi connectivity index (χ1v) is 8.23. The van der Waals surface area contributed by atoms with Crippen LogP contribution in [-0.4, -0.2) is 26.8 Å². The fraction of sp³-hybridized carbons (Fsp3) is 0.667. The van der Waals surface area contributed by atoms with Crippen LogP contribution in [-0.2, 0) is 11.2 Å². The Balaban J connectivity index is 2.56. The van der Waals surface area contributed by atoms with Gasteiger partial charge in [0.15, 0.2) is 0 Å². The van der Waals surface area contributed by atoms with Crippen molar-refractivity contribution in [2.75, 3.05) is 26.8 Å². The lowest BCUT2D eigenvalue weighted by molar-refractivity contribution is 0.196. The third-order valence-corrected chi connectivity index (χ3v) is 4.05. The first kappa shape index (κ1) is 18.5. The van der Waals surface area contributed by atoms with Crippen LogP contribution in [0.2, 0.25) is 5.02 Å². The number of hydrogen-bond acceptors (Lipinski definition) is 2. The van der Waals surface area contributed by atoms with Crippen LogP contribution in [0.15, 0.2) is 24.3 Å². The highest BCUT2D eigenvalue weighted by Gasteiger charge is 2.16. The van der Waals surface area contributed by atoms with Gasteiger partial charge in [0.1, 0.15) is 0 Å². The van der Waals surface area contributed by atoms with Gasteiger partial charge in [0, 0.05) is 18.7 Å². The molecular weight excluding hydrogens is 282 g/mol. The number of rotatable bonds is 9. The zero-order valence-electron chi connectivity index (χ0n) is 13.9. The van der Waals surface area contributed by atoms with E-state index in [1.807, 2.05) is 12.1 Å². The van der Waals surface area contributed by atoms with Crippen molar-refractivity contribution in [3.63, 3.8) is 0 Å². The highest BCUT2D eigenvalue weighted by molar-refractivity contribution is 6.31. The highest BCUT2D eigenvalue weighted by atomic mass is 35.5. The number of ether oxygens (including phenoxy) is 1. The molecule has 1 aromatic rings. The monoisotopic (exact) mass is 311 g/mol. The van der Waals surface area contributed by atoms with E-state index in [1.54, 1.807) is 7.11 Å². The molecule has 0 amide bonds. The molecule has 1 rings (SSSR count). The lowest BCUT2D eigenvalue weighted by atomic mass is 9.84. The SMILES string of the molecule is COCCNCC(CCC(C)(C)C)Cc1ccccc1Cl. The topological polar surface area (TPSA) is 21.3 Å². The minimum atomic E-state index is 0.380. The highest BCUT2D eigenvalue weighted by Crippen LogP contribution is 2.26. The number of halogens is 1. The van der Waals surface area contributed by atoms with Crippen molar-refractivity contribution in [1.82, 2.24) is 5.32 Å². The standard InChI is InChI=1S/C18H30ClNO/c1-18(2,3)10-9-15(14-20-11-12-21-4)13-16-7-5-6-8-17(16)19/h5-8,15,20H,9-14H2,1-4H3. The molecule has 21 heavy (non-hydrogen) atoms. The second-order valence-corrected chi connectivity index (χ2v) is 7.37. The molecule has 0 saturated heterocycles. The van der Waals surface area contributed by atoms with E-state index < -0.39 is 0 Å². The average Bonchev–Trinajstić information content (AvgIpc) is 2.42. The Morgan fingerprint density at radius 3 is 2.57 bits per heavy atom. The van der Waals surface area contributed by atoms with Crippen molar-refractivity contribution in [1.29, 1.82) is 0 Å². The molecule has 0 radical (unpaired) electrons. The van der Waals surface area contributed by atoms with Crippen LogP contribution in [0.1, 0.15) is 39.2 Å². The molecule has 0 aliphatic rings. The Labute approximate surface area is 135 Å². The maximum Gasteiger partial charge on any atom is 0.0587 e. The molecule has 0 aliphatic heterocycles. The van der Waals surface area contributed by atoms with Crippen LogP contribution in [0, 0.1) is 11.3 Å². The zero-order chi connectivity index (χ0) is 15.7. The smallest absolute Gasteiger partial charge is 0.0587 e. The molecule has 0 bridgehead atoms. The summed E-state index contributed by atoms with van der Waals surface area (Å²) in [5.74, 6) is 0.612. The van der Waals surface area contributed by atoms with Gasteiger partial charge in [-0.2, -0.15) is 0 Å². The van der Waals surface area contributed by atoms with Crippen LogP contribution in [0.3, 0.4) is 0 Å². The Bertz CT molecular complexity index is 400. The second-order valence-electron chi connectivity index (χ2n) is 6.96. The number of hydrogen-bond donors (Lipinski definition) is 1. The Morgan fingerprint density at radius 1 is 1.24 bits per heavy atom. The van der Waals surface area contributed by atoms with Gasteiger partial charge in [-0.3, -0.25) is 0 Å². The quantitative estimate of drug-likeness (QED) is 0.675. The van der Waals surface area contributed by atoms with E-state index in [9.17, 15) is 0 Å². The predicted molar refractivity (Wildman–Crippen MR) is 92.1 cm³/mol. The first-order chi connectivity index (χ1) is 9.92. The molecule has 120 valence electrons. The zero-order valence-corrected chi connectivity index (χ0v) is 14.7. The Hall–Kier alpha value is -0.570. The fourth-order valence-corrected chi connectivity index (χ4v) is 2.58. The van der Waals surface area contributed by atoms with E-state index in [2.05, 4.69) is 38.2 Å². The van der Waals surface area contributed by atoms with Gasteiger partial charge in [-0.05, 0) is 48.8 Å². The van der Waals surface area contributed by atoms with E-state index in [0.717, 1.165) is 31.1 Å². The van der Waals surface area contributed by atoms with Crippen LogP contribution in [0.4, 0.5) is 0 Å². The fourth-order valence-electron chi connectivity index (χ4n) is 2.37. The van der Waals surface area contributed by atoms with Gasteiger partial charge in [-0.15, -0.1) is 0 Å². The van der Waals surface area contributed by atoms with Gasteiger partial charge in [-0.1, -0.05) is 50.6 Å². The molecule has 3 heteroatoms. The normalized spacial score (nSPS) is 13.4. The summed E-state index contributed by atoms with van der Waals surface area (Å²) in [4.78, 5) is 0. The molecule has 1 N–H and O–H groups in total. The van der Waals surface area contributed by atoms with E-state index in [0.29, 0.717) is 11.3 Å². The predicted octanol–water partition coefficient (Wildman–Crippen LogP) is 4.56. The molecule has 0 saturated carbocycles. The van der Waals surface area contributed by atoms with Crippen molar-refractivity contribution in [3.05, 3.63) is 34.9 Å². The molecule has 1 unspecified atom stereocenters. The number of methoxy groups -OCH3 is 1. The largest absolute Gasteiger partial charge is 0.383 e. The van der Waals surface area contributed by atoms with Gasteiger partial charge >= 0.3 is 0 Å². The van der Waals surface area contributed by atoms with E-state index in [4.69, 9.17) is 16.3 Å². The summed E-state index contributed by atoms with van der Waals surface area (Å²) in [6, 6.07) is 8.19. The average molecular weight is 312 g/mol. The first-order valence-electron chi connectivity index (χ1n) is 7.85. The lowest BCUT2D eigenvalue weighted by Crippen LogP contribution is -2.28. The van der Waals surface area contributed by atoms with E-state index in [1.165, 1.54) is 18.4 Å². The minimum Gasteiger partial charge on any atom is -0.383 e. The Morgan fingerprint density at radius 2 is 1.95 bits per heavy atom. The molecule has 0 aliphatic carbocycles. The molecule has 0 heterocycles. The van der Waals surface area contributed by atoms with Gasteiger partial charge in [0.25, 0.3) is 0 Å². The van der Waals surface area contributed by atoms with Crippen LogP contribution in [0.5, 0.6) is 0 Å². The summed E-state index contributed by atoms with van der Waals surface area (Å²) in [7, 11) is 1.74. The third kappa shape index (κ3) is 8.45. The lowest BCUT2D eigenvalue weighted by Gasteiger charge is -2.24. The maximum absolute atomic E-state index is 6.30. The van der Waals surface area contributed by atoms with Gasteiger partial charge in [0.05, 0.1) is 6.61 Å². The van der Waals surface area contributed by atoms with Crippen molar-refractivity contribution >= 4 is 11.6 Å². The summed E-state index contributed by atoms with van der Waals surface area (Å²) in [6.07, 6.45) is 3.48. The molecule has 0 spiro atoms. The van der Waals surface area contributed by atoms with Crippen LogP contribution in [0.25, 0.3) is 0 Å². The summed E-state index contributed by atoms with van der Waals surface area (Å²) >= 11 is 6.30. The number of benzene rings is 1. The van der Waals surface area contributed by atoms with Crippen LogP contribution >= 0.6 is 11.6 Å². The van der Waals surface area contributed by atoms with E-state index in [-0.39, 0.29) is 0 Å². The van der Waals surface area contributed by atoms with Crippen molar-refractivity contribution in [2.24, 2.45) is 11.3 Å². The molecule has 2 nitrogen and oxygen atoms in total.